The molecular weight excluding hydrogens is 224 g/mol. The molecule has 1 unspecified atom stereocenters. The third kappa shape index (κ3) is 4.67. The van der Waals surface area contributed by atoms with E-state index >= 15 is 0 Å². The molecular formula is C15H26N2O. The Hall–Kier alpha value is -1.06. The number of hydrogen-bond donors (Lipinski definition) is 1. The average molecular weight is 250 g/mol. The second kappa shape index (κ2) is 8.11. The minimum atomic E-state index is 0.586. The van der Waals surface area contributed by atoms with Gasteiger partial charge in [-0.1, -0.05) is 18.2 Å². The molecule has 1 aromatic carbocycles. The van der Waals surface area contributed by atoms with Crippen molar-refractivity contribution in [2.24, 2.45) is 0 Å². The van der Waals surface area contributed by atoms with E-state index < -0.39 is 0 Å². The fraction of sp³-hybridized carbons (Fsp3) is 0.600. The molecule has 18 heavy (non-hydrogen) atoms. The quantitative estimate of drug-likeness (QED) is 0.718. The van der Waals surface area contributed by atoms with Gasteiger partial charge >= 0.3 is 0 Å². The van der Waals surface area contributed by atoms with Crippen molar-refractivity contribution >= 4 is 0 Å². The molecule has 102 valence electrons. The molecule has 0 aliphatic rings. The number of benzene rings is 1. The van der Waals surface area contributed by atoms with E-state index in [4.69, 9.17) is 4.74 Å². The van der Waals surface area contributed by atoms with E-state index in [-0.39, 0.29) is 0 Å². The van der Waals surface area contributed by atoms with Crippen molar-refractivity contribution in [1.29, 1.82) is 0 Å². The summed E-state index contributed by atoms with van der Waals surface area (Å²) in [7, 11) is 5.91. The van der Waals surface area contributed by atoms with Gasteiger partial charge in [0.15, 0.2) is 0 Å². The maximum atomic E-state index is 5.39. The van der Waals surface area contributed by atoms with Crippen LogP contribution < -0.4 is 10.1 Å². The molecule has 1 aromatic rings. The van der Waals surface area contributed by atoms with Gasteiger partial charge in [0.25, 0.3) is 0 Å². The van der Waals surface area contributed by atoms with Crippen molar-refractivity contribution in [3.8, 4) is 5.75 Å². The molecule has 1 atom stereocenters. The molecule has 0 spiro atoms. The van der Waals surface area contributed by atoms with Crippen LogP contribution in [0.4, 0.5) is 0 Å². The van der Waals surface area contributed by atoms with Crippen LogP contribution >= 0.6 is 0 Å². The van der Waals surface area contributed by atoms with Crippen LogP contribution in [0.25, 0.3) is 0 Å². The van der Waals surface area contributed by atoms with Crippen molar-refractivity contribution < 1.29 is 4.74 Å². The van der Waals surface area contributed by atoms with E-state index in [0.29, 0.717) is 6.04 Å². The molecule has 0 amide bonds. The van der Waals surface area contributed by atoms with Gasteiger partial charge < -0.3 is 10.1 Å². The van der Waals surface area contributed by atoms with Crippen LogP contribution in [0.5, 0.6) is 5.75 Å². The smallest absolute Gasteiger partial charge is 0.123 e. The summed E-state index contributed by atoms with van der Waals surface area (Å²) in [6, 6.07) is 8.82. The Morgan fingerprint density at radius 1 is 1.33 bits per heavy atom. The first-order valence-electron chi connectivity index (χ1n) is 6.65. The number of rotatable bonds is 8. The highest BCUT2D eigenvalue weighted by atomic mass is 16.5. The lowest BCUT2D eigenvalue weighted by Gasteiger charge is -2.25. The maximum Gasteiger partial charge on any atom is 0.123 e. The van der Waals surface area contributed by atoms with Crippen molar-refractivity contribution in [2.45, 2.75) is 32.4 Å². The molecule has 1 rings (SSSR count). The van der Waals surface area contributed by atoms with Gasteiger partial charge in [0.1, 0.15) is 5.75 Å². The first kappa shape index (κ1) is 15.0. The predicted molar refractivity (Wildman–Crippen MR) is 77.1 cm³/mol. The number of para-hydroxylation sites is 1. The lowest BCUT2D eigenvalue weighted by atomic mass is 10.1. The Kier molecular flexibility index (Phi) is 6.76. The van der Waals surface area contributed by atoms with Crippen molar-refractivity contribution in [3.05, 3.63) is 29.8 Å². The standard InChI is InChI=1S/C15H26N2O/c1-13(8-7-11-16-2)17(3)12-14-9-5-6-10-15(14)18-4/h5-6,9-10,13,16H,7-8,11-12H2,1-4H3. The van der Waals surface area contributed by atoms with Gasteiger partial charge in [0.2, 0.25) is 0 Å². The van der Waals surface area contributed by atoms with E-state index in [1.165, 1.54) is 18.4 Å². The zero-order valence-electron chi connectivity index (χ0n) is 12.1. The Labute approximate surface area is 111 Å². The van der Waals surface area contributed by atoms with Gasteiger partial charge in [-0.2, -0.15) is 0 Å². The van der Waals surface area contributed by atoms with E-state index in [1.807, 2.05) is 19.2 Å². The Morgan fingerprint density at radius 2 is 2.06 bits per heavy atom. The molecule has 1 N–H and O–H groups in total. The highest BCUT2D eigenvalue weighted by Crippen LogP contribution is 2.20. The molecule has 3 heteroatoms. The molecule has 0 fully saturated rings. The topological polar surface area (TPSA) is 24.5 Å². The molecule has 0 saturated carbocycles. The number of ether oxygens (including phenoxy) is 1. The van der Waals surface area contributed by atoms with Gasteiger partial charge in [-0.3, -0.25) is 4.90 Å². The highest BCUT2D eigenvalue weighted by molar-refractivity contribution is 5.33. The molecule has 0 aromatic heterocycles. The van der Waals surface area contributed by atoms with E-state index in [2.05, 4.69) is 36.3 Å². The summed E-state index contributed by atoms with van der Waals surface area (Å²) in [5, 5.41) is 3.19. The molecule has 0 heterocycles. The maximum absolute atomic E-state index is 5.39. The first-order valence-corrected chi connectivity index (χ1v) is 6.65. The number of methoxy groups -OCH3 is 1. The van der Waals surface area contributed by atoms with Crippen LogP contribution in [0.15, 0.2) is 24.3 Å². The second-order valence-corrected chi connectivity index (χ2v) is 4.82. The molecule has 0 saturated heterocycles. The summed E-state index contributed by atoms with van der Waals surface area (Å²) < 4.78 is 5.39. The van der Waals surface area contributed by atoms with Crippen LogP contribution in [0.3, 0.4) is 0 Å². The summed E-state index contributed by atoms with van der Waals surface area (Å²) in [5.41, 5.74) is 1.25. The Bertz CT molecular complexity index is 341. The summed E-state index contributed by atoms with van der Waals surface area (Å²) in [5.74, 6) is 0.978. The molecule has 0 bridgehead atoms. The van der Waals surface area contributed by atoms with Crippen LogP contribution in [0.1, 0.15) is 25.3 Å². The zero-order valence-corrected chi connectivity index (χ0v) is 12.1. The van der Waals surface area contributed by atoms with Gasteiger partial charge in [-0.15, -0.1) is 0 Å². The van der Waals surface area contributed by atoms with E-state index in [0.717, 1.165) is 18.8 Å². The zero-order chi connectivity index (χ0) is 13.4. The van der Waals surface area contributed by atoms with Gasteiger partial charge in [-0.25, -0.2) is 0 Å². The summed E-state index contributed by atoms with van der Waals surface area (Å²) in [6.07, 6.45) is 2.43. The van der Waals surface area contributed by atoms with Crippen LogP contribution in [0, 0.1) is 0 Å². The molecule has 0 radical (unpaired) electrons. The largest absolute Gasteiger partial charge is 0.496 e. The van der Waals surface area contributed by atoms with Crippen LogP contribution in [-0.2, 0) is 6.54 Å². The molecule has 0 aliphatic heterocycles. The summed E-state index contributed by atoms with van der Waals surface area (Å²) in [4.78, 5) is 2.38. The minimum Gasteiger partial charge on any atom is -0.496 e. The second-order valence-electron chi connectivity index (χ2n) is 4.82. The van der Waals surface area contributed by atoms with Crippen molar-refractivity contribution in [1.82, 2.24) is 10.2 Å². The number of hydrogen-bond acceptors (Lipinski definition) is 3. The first-order chi connectivity index (χ1) is 8.69. The Balaban J connectivity index is 2.50. The van der Waals surface area contributed by atoms with Gasteiger partial charge in [0.05, 0.1) is 7.11 Å². The number of nitrogens with one attached hydrogen (secondary N) is 1. The normalized spacial score (nSPS) is 12.7. The molecule has 3 nitrogen and oxygen atoms in total. The minimum absolute atomic E-state index is 0.586. The predicted octanol–water partition coefficient (Wildman–Crippen LogP) is 2.52. The van der Waals surface area contributed by atoms with Gasteiger partial charge in [0, 0.05) is 18.2 Å². The third-order valence-electron chi connectivity index (χ3n) is 3.41. The summed E-state index contributed by atoms with van der Waals surface area (Å²) >= 11 is 0. The fourth-order valence-corrected chi connectivity index (χ4v) is 2.05. The van der Waals surface area contributed by atoms with Crippen LogP contribution in [-0.4, -0.2) is 38.7 Å². The third-order valence-corrected chi connectivity index (χ3v) is 3.41. The van der Waals surface area contributed by atoms with Crippen molar-refractivity contribution in [3.63, 3.8) is 0 Å². The highest BCUT2D eigenvalue weighted by Gasteiger charge is 2.11. The van der Waals surface area contributed by atoms with Crippen LogP contribution in [0.2, 0.25) is 0 Å². The lowest BCUT2D eigenvalue weighted by Crippen LogP contribution is -2.29. The number of nitrogens with zero attached hydrogens (tertiary/aromatic N) is 1. The summed E-state index contributed by atoms with van der Waals surface area (Å²) in [6.45, 7) is 4.31. The average Bonchev–Trinajstić information content (AvgIpc) is 2.39. The molecule has 0 aliphatic carbocycles. The van der Waals surface area contributed by atoms with E-state index in [9.17, 15) is 0 Å². The fourth-order valence-electron chi connectivity index (χ4n) is 2.05. The van der Waals surface area contributed by atoms with Crippen molar-refractivity contribution in [2.75, 3.05) is 27.7 Å². The SMILES string of the molecule is CNCCCC(C)N(C)Cc1ccccc1OC. The monoisotopic (exact) mass is 250 g/mol. The van der Waals surface area contributed by atoms with Gasteiger partial charge in [-0.05, 0) is 46.5 Å². The van der Waals surface area contributed by atoms with E-state index in [1.54, 1.807) is 7.11 Å². The lowest BCUT2D eigenvalue weighted by molar-refractivity contribution is 0.231. The Morgan fingerprint density at radius 3 is 2.72 bits per heavy atom.